The maximum Gasteiger partial charge on any atom is 0.132 e. The van der Waals surface area contributed by atoms with Crippen molar-refractivity contribution in [3.8, 4) is 5.75 Å². The first-order valence-corrected chi connectivity index (χ1v) is 6.57. The van der Waals surface area contributed by atoms with Crippen LogP contribution in [-0.4, -0.2) is 6.10 Å². The van der Waals surface area contributed by atoms with Gasteiger partial charge in [0.1, 0.15) is 5.75 Å². The summed E-state index contributed by atoms with van der Waals surface area (Å²) < 4.78 is 6.09. The third-order valence-electron chi connectivity index (χ3n) is 3.29. The van der Waals surface area contributed by atoms with Crippen LogP contribution in [0.5, 0.6) is 5.75 Å². The molecule has 2 nitrogen and oxygen atoms in total. The van der Waals surface area contributed by atoms with Crippen molar-refractivity contribution >= 4 is 10.8 Å². The summed E-state index contributed by atoms with van der Waals surface area (Å²) in [5, 5.41) is 2.34. The van der Waals surface area contributed by atoms with Gasteiger partial charge in [-0.15, -0.1) is 0 Å². The highest BCUT2D eigenvalue weighted by molar-refractivity contribution is 5.89. The van der Waals surface area contributed by atoms with Crippen molar-refractivity contribution in [1.29, 1.82) is 0 Å². The molecule has 2 atom stereocenters. The molecule has 0 amide bonds. The van der Waals surface area contributed by atoms with Gasteiger partial charge in [-0.1, -0.05) is 43.3 Å². The lowest BCUT2D eigenvalue weighted by Crippen LogP contribution is -2.14. The summed E-state index contributed by atoms with van der Waals surface area (Å²) in [4.78, 5) is 0. The summed E-state index contributed by atoms with van der Waals surface area (Å²) >= 11 is 0. The summed E-state index contributed by atoms with van der Waals surface area (Å²) in [6.07, 6.45) is 1.19. The summed E-state index contributed by atoms with van der Waals surface area (Å²) in [5.74, 6) is 0.942. The monoisotopic (exact) mass is 243 g/mol. The minimum atomic E-state index is -0.0198. The number of hydrogen-bond donors (Lipinski definition) is 1. The summed E-state index contributed by atoms with van der Waals surface area (Å²) in [6.45, 7) is 6.21. The van der Waals surface area contributed by atoms with Gasteiger partial charge in [0, 0.05) is 17.0 Å². The minimum Gasteiger partial charge on any atom is -0.490 e. The number of fused-ring (bicyclic) bond motifs is 1. The van der Waals surface area contributed by atoms with E-state index >= 15 is 0 Å². The molecule has 0 aliphatic rings. The average molecular weight is 243 g/mol. The molecule has 0 saturated heterocycles. The fourth-order valence-electron chi connectivity index (χ4n) is 2.03. The van der Waals surface area contributed by atoms with Gasteiger partial charge in [-0.25, -0.2) is 0 Å². The molecule has 96 valence electrons. The molecule has 0 aliphatic heterocycles. The van der Waals surface area contributed by atoms with Gasteiger partial charge in [-0.05, 0) is 25.7 Å². The molecule has 2 heteroatoms. The van der Waals surface area contributed by atoms with Gasteiger partial charge >= 0.3 is 0 Å². The first kappa shape index (κ1) is 12.9. The van der Waals surface area contributed by atoms with Crippen molar-refractivity contribution < 1.29 is 4.74 Å². The van der Waals surface area contributed by atoms with Crippen LogP contribution < -0.4 is 10.5 Å². The molecule has 0 radical (unpaired) electrons. The smallest absolute Gasteiger partial charge is 0.132 e. The van der Waals surface area contributed by atoms with Gasteiger partial charge in [-0.3, -0.25) is 0 Å². The topological polar surface area (TPSA) is 35.2 Å². The fraction of sp³-hybridized carbons (Fsp3) is 0.375. The molecule has 2 rings (SSSR count). The molecule has 0 saturated carbocycles. The standard InChI is InChI=1S/C16H21NO/c1-4-11(2)18-16-14(12(3)17)10-9-13-7-5-6-8-15(13)16/h5-12H,4,17H2,1-3H3. The second kappa shape index (κ2) is 5.40. The van der Waals surface area contributed by atoms with Crippen LogP contribution in [0.1, 0.15) is 38.8 Å². The van der Waals surface area contributed by atoms with E-state index in [0.29, 0.717) is 0 Å². The average Bonchev–Trinajstić information content (AvgIpc) is 2.38. The highest BCUT2D eigenvalue weighted by atomic mass is 16.5. The summed E-state index contributed by atoms with van der Waals surface area (Å²) in [5.41, 5.74) is 7.12. The Bertz CT molecular complexity index is 534. The van der Waals surface area contributed by atoms with Crippen LogP contribution in [0.15, 0.2) is 36.4 Å². The fourth-order valence-corrected chi connectivity index (χ4v) is 2.03. The SMILES string of the molecule is CCC(C)Oc1c(C(C)N)ccc2ccccc12. The predicted octanol–water partition coefficient (Wildman–Crippen LogP) is 4.04. The van der Waals surface area contributed by atoms with Gasteiger partial charge in [-0.2, -0.15) is 0 Å². The third-order valence-corrected chi connectivity index (χ3v) is 3.29. The Balaban J connectivity index is 2.59. The number of benzene rings is 2. The Labute approximate surface area is 109 Å². The highest BCUT2D eigenvalue weighted by Crippen LogP contribution is 2.33. The van der Waals surface area contributed by atoms with Crippen molar-refractivity contribution in [3.05, 3.63) is 42.0 Å². The van der Waals surface area contributed by atoms with Crippen molar-refractivity contribution in [2.75, 3.05) is 0 Å². The minimum absolute atomic E-state index is 0.0198. The summed E-state index contributed by atoms with van der Waals surface area (Å²) in [7, 11) is 0. The van der Waals surface area contributed by atoms with Gasteiger partial charge < -0.3 is 10.5 Å². The molecule has 2 N–H and O–H groups in total. The van der Waals surface area contributed by atoms with Crippen molar-refractivity contribution in [1.82, 2.24) is 0 Å². The van der Waals surface area contributed by atoms with E-state index in [1.165, 1.54) is 5.39 Å². The predicted molar refractivity (Wildman–Crippen MR) is 76.9 cm³/mol. The lowest BCUT2D eigenvalue weighted by molar-refractivity contribution is 0.217. The molecule has 2 aromatic rings. The molecular formula is C16H21NO. The van der Waals surface area contributed by atoms with E-state index < -0.39 is 0 Å². The molecule has 0 aromatic heterocycles. The van der Waals surface area contributed by atoms with Crippen LogP contribution in [-0.2, 0) is 0 Å². The van der Waals surface area contributed by atoms with E-state index in [4.69, 9.17) is 10.5 Å². The third kappa shape index (κ3) is 2.49. The number of rotatable bonds is 4. The highest BCUT2D eigenvalue weighted by Gasteiger charge is 2.14. The van der Waals surface area contributed by atoms with Crippen LogP contribution in [0, 0.1) is 0 Å². The maximum absolute atomic E-state index is 6.09. The van der Waals surface area contributed by atoms with Crippen LogP contribution >= 0.6 is 0 Å². The molecule has 2 unspecified atom stereocenters. The Morgan fingerprint density at radius 3 is 2.50 bits per heavy atom. The maximum atomic E-state index is 6.09. The zero-order chi connectivity index (χ0) is 13.1. The van der Waals surface area contributed by atoms with E-state index in [1.807, 2.05) is 19.1 Å². The Kier molecular flexibility index (Phi) is 3.87. The molecule has 0 bridgehead atoms. The summed E-state index contributed by atoms with van der Waals surface area (Å²) in [6, 6.07) is 12.4. The van der Waals surface area contributed by atoms with Gasteiger partial charge in [0.25, 0.3) is 0 Å². The van der Waals surface area contributed by atoms with Crippen LogP contribution in [0.4, 0.5) is 0 Å². The molecule has 0 fully saturated rings. The Hall–Kier alpha value is -1.54. The zero-order valence-electron chi connectivity index (χ0n) is 11.3. The number of hydrogen-bond acceptors (Lipinski definition) is 2. The second-order valence-electron chi connectivity index (χ2n) is 4.83. The van der Waals surface area contributed by atoms with E-state index in [-0.39, 0.29) is 12.1 Å². The zero-order valence-corrected chi connectivity index (χ0v) is 11.3. The normalized spacial score (nSPS) is 14.4. The number of ether oxygens (including phenoxy) is 1. The Morgan fingerprint density at radius 2 is 1.83 bits per heavy atom. The van der Waals surface area contributed by atoms with E-state index in [1.54, 1.807) is 0 Å². The second-order valence-corrected chi connectivity index (χ2v) is 4.83. The molecule has 2 aromatic carbocycles. The largest absolute Gasteiger partial charge is 0.490 e. The van der Waals surface area contributed by atoms with E-state index in [2.05, 4.69) is 38.1 Å². The van der Waals surface area contributed by atoms with Crippen LogP contribution in [0.3, 0.4) is 0 Å². The molecular weight excluding hydrogens is 222 g/mol. The van der Waals surface area contributed by atoms with E-state index in [9.17, 15) is 0 Å². The van der Waals surface area contributed by atoms with Crippen LogP contribution in [0.2, 0.25) is 0 Å². The quantitative estimate of drug-likeness (QED) is 0.879. The van der Waals surface area contributed by atoms with E-state index in [0.717, 1.165) is 23.1 Å². The van der Waals surface area contributed by atoms with Crippen molar-refractivity contribution in [3.63, 3.8) is 0 Å². The molecule has 0 aliphatic carbocycles. The lowest BCUT2D eigenvalue weighted by atomic mass is 10.0. The van der Waals surface area contributed by atoms with Crippen LogP contribution in [0.25, 0.3) is 10.8 Å². The van der Waals surface area contributed by atoms with Crippen molar-refractivity contribution in [2.45, 2.75) is 39.3 Å². The number of nitrogens with two attached hydrogens (primary N) is 1. The van der Waals surface area contributed by atoms with Gasteiger partial charge in [0.05, 0.1) is 6.10 Å². The first-order valence-electron chi connectivity index (χ1n) is 6.57. The Morgan fingerprint density at radius 1 is 1.11 bits per heavy atom. The van der Waals surface area contributed by atoms with Crippen molar-refractivity contribution in [2.24, 2.45) is 5.73 Å². The van der Waals surface area contributed by atoms with Gasteiger partial charge in [0.2, 0.25) is 0 Å². The molecule has 18 heavy (non-hydrogen) atoms. The van der Waals surface area contributed by atoms with Gasteiger partial charge in [0.15, 0.2) is 0 Å². The molecule has 0 spiro atoms. The first-order chi connectivity index (χ1) is 8.63. The lowest BCUT2D eigenvalue weighted by Gasteiger charge is -2.20. The molecule has 0 heterocycles.